The Morgan fingerprint density at radius 3 is 2.81 bits per heavy atom. The van der Waals surface area contributed by atoms with E-state index in [0.29, 0.717) is 18.1 Å². The molecule has 1 heterocycles. The zero-order chi connectivity index (χ0) is 18.7. The van der Waals surface area contributed by atoms with Crippen LogP contribution in [-0.2, 0) is 16.6 Å². The largest absolute Gasteiger partial charge is 0.497 e. The van der Waals surface area contributed by atoms with Gasteiger partial charge in [0.1, 0.15) is 11.5 Å². The molecule has 4 rings (SSSR count). The van der Waals surface area contributed by atoms with Crippen LogP contribution in [0.1, 0.15) is 36.8 Å². The minimum absolute atomic E-state index is 0.00683. The van der Waals surface area contributed by atoms with Crippen LogP contribution in [0, 0.1) is 5.92 Å². The Bertz CT molecular complexity index is 788. The van der Waals surface area contributed by atoms with Crippen LogP contribution in [0.15, 0.2) is 54.6 Å². The number of likely N-dealkylation sites (tertiary alicyclic amines) is 1. The molecule has 2 fully saturated rings. The van der Waals surface area contributed by atoms with E-state index in [1.54, 1.807) is 7.11 Å². The highest BCUT2D eigenvalue weighted by Crippen LogP contribution is 2.48. The van der Waals surface area contributed by atoms with Gasteiger partial charge in [0.25, 0.3) is 0 Å². The Kier molecular flexibility index (Phi) is 5.31. The van der Waals surface area contributed by atoms with Gasteiger partial charge in [-0.1, -0.05) is 42.5 Å². The van der Waals surface area contributed by atoms with E-state index in [1.807, 2.05) is 6.07 Å². The summed E-state index contributed by atoms with van der Waals surface area (Å²) >= 11 is 0. The molecule has 2 aromatic carbocycles. The molecule has 0 N–H and O–H groups in total. The highest BCUT2D eigenvalue weighted by atomic mass is 16.5. The van der Waals surface area contributed by atoms with Gasteiger partial charge >= 0.3 is 0 Å². The van der Waals surface area contributed by atoms with Gasteiger partial charge in [-0.25, -0.2) is 0 Å². The van der Waals surface area contributed by atoms with Gasteiger partial charge in [-0.05, 0) is 55.0 Å². The van der Waals surface area contributed by atoms with Crippen molar-refractivity contribution in [2.24, 2.45) is 5.92 Å². The molecule has 142 valence electrons. The van der Waals surface area contributed by atoms with Gasteiger partial charge in [0.15, 0.2) is 0 Å². The zero-order valence-corrected chi connectivity index (χ0v) is 16.2. The van der Waals surface area contributed by atoms with Crippen molar-refractivity contribution in [2.75, 3.05) is 26.7 Å². The number of ketones is 1. The predicted molar refractivity (Wildman–Crippen MR) is 108 cm³/mol. The number of benzene rings is 2. The second kappa shape index (κ2) is 7.85. The number of methoxy groups -OCH3 is 1. The van der Waals surface area contributed by atoms with E-state index in [-0.39, 0.29) is 5.41 Å². The van der Waals surface area contributed by atoms with Crippen LogP contribution in [0.3, 0.4) is 0 Å². The molecule has 0 aromatic heterocycles. The third-order valence-electron chi connectivity index (χ3n) is 6.62. The van der Waals surface area contributed by atoms with Crippen LogP contribution in [-0.4, -0.2) is 37.4 Å². The van der Waals surface area contributed by atoms with Crippen molar-refractivity contribution in [3.05, 3.63) is 65.7 Å². The molecule has 2 aromatic rings. The number of ether oxygens (including phenoxy) is 1. The number of carbonyl (C=O) groups is 1. The van der Waals surface area contributed by atoms with E-state index in [0.717, 1.165) is 51.1 Å². The van der Waals surface area contributed by atoms with Crippen molar-refractivity contribution in [1.29, 1.82) is 0 Å². The van der Waals surface area contributed by atoms with Crippen molar-refractivity contribution >= 4 is 5.78 Å². The normalized spacial score (nSPS) is 25.8. The van der Waals surface area contributed by atoms with Gasteiger partial charge < -0.3 is 9.64 Å². The van der Waals surface area contributed by atoms with Crippen molar-refractivity contribution < 1.29 is 9.53 Å². The Labute approximate surface area is 162 Å². The number of hydrogen-bond donors (Lipinski definition) is 0. The molecule has 1 saturated heterocycles. The monoisotopic (exact) mass is 363 g/mol. The smallest absolute Gasteiger partial charge is 0.133 e. The first-order chi connectivity index (χ1) is 13.2. The summed E-state index contributed by atoms with van der Waals surface area (Å²) in [5.74, 6) is 1.86. The minimum Gasteiger partial charge on any atom is -0.497 e. The molecule has 3 nitrogen and oxygen atoms in total. The topological polar surface area (TPSA) is 29.5 Å². The minimum atomic E-state index is -0.00683. The van der Waals surface area contributed by atoms with Crippen molar-refractivity contribution in [1.82, 2.24) is 4.90 Å². The van der Waals surface area contributed by atoms with Crippen LogP contribution in [0.4, 0.5) is 0 Å². The first-order valence-electron chi connectivity index (χ1n) is 10.1. The van der Waals surface area contributed by atoms with Gasteiger partial charge in [0.05, 0.1) is 7.11 Å². The maximum absolute atomic E-state index is 12.4. The number of Topliss-reactive ketones (excluding diaryl/α,β-unsaturated/α-hetero) is 1. The zero-order valence-electron chi connectivity index (χ0n) is 16.2. The van der Waals surface area contributed by atoms with Crippen molar-refractivity contribution in [2.45, 2.75) is 37.5 Å². The van der Waals surface area contributed by atoms with Gasteiger partial charge in [-0.2, -0.15) is 0 Å². The molecule has 0 radical (unpaired) electrons. The van der Waals surface area contributed by atoms with E-state index in [4.69, 9.17) is 4.74 Å². The number of carbonyl (C=O) groups excluding carboxylic acids is 1. The van der Waals surface area contributed by atoms with Crippen LogP contribution in [0.2, 0.25) is 0 Å². The summed E-state index contributed by atoms with van der Waals surface area (Å²) in [7, 11) is 1.71. The van der Waals surface area contributed by atoms with Gasteiger partial charge in [0, 0.05) is 31.3 Å². The van der Waals surface area contributed by atoms with Crippen LogP contribution in [0.5, 0.6) is 5.75 Å². The van der Waals surface area contributed by atoms with Crippen LogP contribution < -0.4 is 4.74 Å². The third kappa shape index (κ3) is 3.79. The lowest BCUT2D eigenvalue weighted by molar-refractivity contribution is -0.125. The number of nitrogens with zero attached hydrogens (tertiary/aromatic N) is 1. The SMILES string of the molecule is COc1cccc(C23CCN(CCc4ccccc4)CC2CCC(=O)C3)c1. The number of rotatable bonds is 5. The number of piperidine rings is 1. The Hall–Kier alpha value is -2.13. The molecule has 1 aliphatic heterocycles. The molecule has 2 aliphatic rings. The maximum atomic E-state index is 12.4. The summed E-state index contributed by atoms with van der Waals surface area (Å²) in [5.41, 5.74) is 2.69. The summed E-state index contributed by atoms with van der Waals surface area (Å²) in [6.45, 7) is 3.26. The summed E-state index contributed by atoms with van der Waals surface area (Å²) in [4.78, 5) is 15.0. The molecule has 0 amide bonds. The highest BCUT2D eigenvalue weighted by molar-refractivity contribution is 5.81. The van der Waals surface area contributed by atoms with E-state index < -0.39 is 0 Å². The van der Waals surface area contributed by atoms with Gasteiger partial charge in [-0.15, -0.1) is 0 Å². The molecule has 27 heavy (non-hydrogen) atoms. The number of hydrogen-bond acceptors (Lipinski definition) is 3. The lowest BCUT2D eigenvalue weighted by Crippen LogP contribution is -2.53. The lowest BCUT2D eigenvalue weighted by atomic mass is 9.59. The summed E-state index contributed by atoms with van der Waals surface area (Å²) in [5, 5.41) is 0. The fourth-order valence-electron chi connectivity index (χ4n) is 5.07. The molecular weight excluding hydrogens is 334 g/mol. The Morgan fingerprint density at radius 2 is 2.00 bits per heavy atom. The standard InChI is InChI=1S/C24H29NO2/c1-27-23-9-5-8-20(16-23)24-13-15-25(14-12-19-6-3-2-4-7-19)18-21(24)10-11-22(26)17-24/h2-9,16,21H,10-15,17-18H2,1H3. The second-order valence-corrected chi connectivity index (χ2v) is 8.13. The average molecular weight is 364 g/mol. The van der Waals surface area contributed by atoms with E-state index >= 15 is 0 Å². The third-order valence-corrected chi connectivity index (χ3v) is 6.62. The first kappa shape index (κ1) is 18.2. The molecular formula is C24H29NO2. The van der Waals surface area contributed by atoms with Crippen LogP contribution >= 0.6 is 0 Å². The van der Waals surface area contributed by atoms with Crippen molar-refractivity contribution in [3.8, 4) is 5.75 Å². The Balaban J connectivity index is 1.52. The van der Waals surface area contributed by atoms with E-state index in [1.165, 1.54) is 11.1 Å². The summed E-state index contributed by atoms with van der Waals surface area (Å²) in [6.07, 6.45) is 4.60. The van der Waals surface area contributed by atoms with E-state index in [2.05, 4.69) is 53.4 Å². The summed E-state index contributed by atoms with van der Waals surface area (Å²) < 4.78 is 5.46. The Morgan fingerprint density at radius 1 is 1.15 bits per heavy atom. The summed E-state index contributed by atoms with van der Waals surface area (Å²) in [6, 6.07) is 19.2. The lowest BCUT2D eigenvalue weighted by Gasteiger charge is -2.50. The maximum Gasteiger partial charge on any atom is 0.133 e. The van der Waals surface area contributed by atoms with Gasteiger partial charge in [-0.3, -0.25) is 4.79 Å². The highest BCUT2D eigenvalue weighted by Gasteiger charge is 2.47. The van der Waals surface area contributed by atoms with Crippen molar-refractivity contribution in [3.63, 3.8) is 0 Å². The average Bonchev–Trinajstić information content (AvgIpc) is 2.73. The fourth-order valence-corrected chi connectivity index (χ4v) is 5.07. The second-order valence-electron chi connectivity index (χ2n) is 8.13. The van der Waals surface area contributed by atoms with Gasteiger partial charge in [0.2, 0.25) is 0 Å². The molecule has 1 aliphatic carbocycles. The molecule has 2 unspecified atom stereocenters. The number of fused-ring (bicyclic) bond motifs is 1. The first-order valence-corrected chi connectivity index (χ1v) is 10.1. The fraction of sp³-hybridized carbons (Fsp3) is 0.458. The quantitative estimate of drug-likeness (QED) is 0.795. The predicted octanol–water partition coefficient (Wildman–Crippen LogP) is 4.25. The van der Waals surface area contributed by atoms with E-state index in [9.17, 15) is 4.79 Å². The molecule has 1 saturated carbocycles. The molecule has 2 atom stereocenters. The molecule has 0 spiro atoms. The molecule has 0 bridgehead atoms. The molecule has 3 heteroatoms. The van der Waals surface area contributed by atoms with Crippen LogP contribution in [0.25, 0.3) is 0 Å².